The SMILES string of the molecule is Cc1cccc(CN2CCCN(CC(=O)Nc3ccc(C)cc3C)S2(=O)=O)c1. The normalized spacial score (nSPS) is 17.4. The Morgan fingerprint density at radius 3 is 2.43 bits per heavy atom. The van der Waals surface area contributed by atoms with Gasteiger partial charge in [0, 0.05) is 25.3 Å². The Morgan fingerprint density at radius 1 is 1.00 bits per heavy atom. The molecule has 0 atom stereocenters. The van der Waals surface area contributed by atoms with Gasteiger partial charge in [-0.2, -0.15) is 17.0 Å². The molecule has 6 nitrogen and oxygen atoms in total. The van der Waals surface area contributed by atoms with Crippen LogP contribution < -0.4 is 5.32 Å². The molecule has 28 heavy (non-hydrogen) atoms. The largest absolute Gasteiger partial charge is 0.325 e. The van der Waals surface area contributed by atoms with Gasteiger partial charge in [-0.15, -0.1) is 0 Å². The molecule has 0 spiro atoms. The molecule has 3 rings (SSSR count). The van der Waals surface area contributed by atoms with E-state index in [1.54, 1.807) is 0 Å². The number of hydrogen-bond donors (Lipinski definition) is 1. The van der Waals surface area contributed by atoms with Gasteiger partial charge in [-0.3, -0.25) is 4.79 Å². The lowest BCUT2D eigenvalue weighted by molar-refractivity contribution is -0.116. The summed E-state index contributed by atoms with van der Waals surface area (Å²) in [5.74, 6) is -0.326. The van der Waals surface area contributed by atoms with Crippen LogP contribution in [0.1, 0.15) is 28.7 Å². The van der Waals surface area contributed by atoms with E-state index in [0.717, 1.165) is 22.3 Å². The van der Waals surface area contributed by atoms with Crippen LogP contribution in [-0.4, -0.2) is 42.6 Å². The third-order valence-electron chi connectivity index (χ3n) is 4.88. The first-order chi connectivity index (χ1) is 13.3. The first kappa shape index (κ1) is 20.5. The molecule has 0 aliphatic carbocycles. The zero-order valence-electron chi connectivity index (χ0n) is 16.6. The van der Waals surface area contributed by atoms with Gasteiger partial charge in [0.1, 0.15) is 0 Å². The predicted octanol–water partition coefficient (Wildman–Crippen LogP) is 3.00. The summed E-state index contributed by atoms with van der Waals surface area (Å²) in [6, 6.07) is 13.6. The number of anilines is 1. The van der Waals surface area contributed by atoms with Crippen LogP contribution in [0.15, 0.2) is 42.5 Å². The Bertz CT molecular complexity index is 973. The molecule has 2 aromatic rings. The van der Waals surface area contributed by atoms with Crippen molar-refractivity contribution < 1.29 is 13.2 Å². The number of carbonyl (C=O) groups excluding carboxylic acids is 1. The first-order valence-corrected chi connectivity index (χ1v) is 10.8. The molecule has 0 aromatic heterocycles. The van der Waals surface area contributed by atoms with Gasteiger partial charge < -0.3 is 5.32 Å². The maximum Gasteiger partial charge on any atom is 0.282 e. The lowest BCUT2D eigenvalue weighted by Gasteiger charge is -2.34. The van der Waals surface area contributed by atoms with Gasteiger partial charge in [-0.1, -0.05) is 47.5 Å². The van der Waals surface area contributed by atoms with Crippen molar-refractivity contribution in [1.29, 1.82) is 0 Å². The van der Waals surface area contributed by atoms with Crippen LogP contribution in [-0.2, 0) is 21.5 Å². The van der Waals surface area contributed by atoms with Gasteiger partial charge in [-0.05, 0) is 44.4 Å². The molecule has 0 unspecified atom stereocenters. The second-order valence-corrected chi connectivity index (χ2v) is 9.31. The van der Waals surface area contributed by atoms with Crippen molar-refractivity contribution in [3.63, 3.8) is 0 Å². The summed E-state index contributed by atoms with van der Waals surface area (Å²) in [5.41, 5.74) is 4.82. The molecule has 1 saturated heterocycles. The Kier molecular flexibility index (Phi) is 6.17. The molecule has 0 bridgehead atoms. The zero-order chi connectivity index (χ0) is 20.3. The van der Waals surface area contributed by atoms with E-state index in [1.807, 2.05) is 63.2 Å². The smallest absolute Gasteiger partial charge is 0.282 e. The second kappa shape index (κ2) is 8.43. The maximum absolute atomic E-state index is 13.0. The lowest BCUT2D eigenvalue weighted by Crippen LogP contribution is -2.51. The summed E-state index contributed by atoms with van der Waals surface area (Å²) in [4.78, 5) is 12.5. The Hall–Kier alpha value is -2.22. The van der Waals surface area contributed by atoms with Crippen molar-refractivity contribution in [2.24, 2.45) is 0 Å². The summed E-state index contributed by atoms with van der Waals surface area (Å²) in [7, 11) is -3.67. The van der Waals surface area contributed by atoms with E-state index in [0.29, 0.717) is 31.7 Å². The monoisotopic (exact) mass is 401 g/mol. The van der Waals surface area contributed by atoms with Crippen molar-refractivity contribution in [1.82, 2.24) is 8.61 Å². The zero-order valence-corrected chi connectivity index (χ0v) is 17.4. The minimum absolute atomic E-state index is 0.181. The van der Waals surface area contributed by atoms with Crippen LogP contribution in [0.2, 0.25) is 0 Å². The fraction of sp³-hybridized carbons (Fsp3) is 0.381. The van der Waals surface area contributed by atoms with Gasteiger partial charge >= 0.3 is 0 Å². The van der Waals surface area contributed by atoms with Crippen LogP contribution in [0, 0.1) is 20.8 Å². The van der Waals surface area contributed by atoms with Crippen molar-refractivity contribution in [2.45, 2.75) is 33.7 Å². The van der Waals surface area contributed by atoms with Crippen LogP contribution in [0.5, 0.6) is 0 Å². The van der Waals surface area contributed by atoms with Crippen molar-refractivity contribution in [3.05, 3.63) is 64.7 Å². The maximum atomic E-state index is 13.0. The third-order valence-corrected chi connectivity index (χ3v) is 6.81. The van der Waals surface area contributed by atoms with E-state index in [4.69, 9.17) is 0 Å². The number of aryl methyl sites for hydroxylation is 3. The highest BCUT2D eigenvalue weighted by molar-refractivity contribution is 7.86. The number of nitrogens with zero attached hydrogens (tertiary/aromatic N) is 2. The quantitative estimate of drug-likeness (QED) is 0.837. The minimum atomic E-state index is -3.67. The van der Waals surface area contributed by atoms with Crippen LogP contribution >= 0.6 is 0 Å². The first-order valence-electron chi connectivity index (χ1n) is 9.43. The average molecular weight is 402 g/mol. The number of hydrogen-bond acceptors (Lipinski definition) is 3. The summed E-state index contributed by atoms with van der Waals surface area (Å²) in [5, 5.41) is 2.83. The van der Waals surface area contributed by atoms with E-state index in [-0.39, 0.29) is 12.5 Å². The third kappa shape index (κ3) is 4.79. The molecule has 1 heterocycles. The predicted molar refractivity (Wildman–Crippen MR) is 111 cm³/mol. The second-order valence-electron chi connectivity index (χ2n) is 7.38. The van der Waals surface area contributed by atoms with Crippen LogP contribution in [0.4, 0.5) is 5.69 Å². The summed E-state index contributed by atoms with van der Waals surface area (Å²) >= 11 is 0. The fourth-order valence-corrected chi connectivity index (χ4v) is 5.10. The van der Waals surface area contributed by atoms with Crippen LogP contribution in [0.25, 0.3) is 0 Å². The molecular formula is C21H27N3O3S. The summed E-state index contributed by atoms with van der Waals surface area (Å²) in [6.45, 7) is 6.85. The Labute approximate surface area is 167 Å². The molecule has 1 aliphatic heterocycles. The minimum Gasteiger partial charge on any atom is -0.325 e. The summed E-state index contributed by atoms with van der Waals surface area (Å²) < 4.78 is 28.7. The molecule has 1 aliphatic rings. The molecule has 7 heteroatoms. The van der Waals surface area contributed by atoms with Gasteiger partial charge in [0.25, 0.3) is 10.2 Å². The molecule has 1 fully saturated rings. The Balaban J connectivity index is 1.68. The van der Waals surface area contributed by atoms with Gasteiger partial charge in [0.15, 0.2) is 0 Å². The highest BCUT2D eigenvalue weighted by atomic mass is 32.2. The molecule has 0 saturated carbocycles. The van der Waals surface area contributed by atoms with Crippen molar-refractivity contribution >= 4 is 21.8 Å². The number of benzene rings is 2. The highest BCUT2D eigenvalue weighted by Gasteiger charge is 2.34. The topological polar surface area (TPSA) is 69.7 Å². The molecule has 150 valence electrons. The lowest BCUT2D eigenvalue weighted by atomic mass is 10.1. The highest BCUT2D eigenvalue weighted by Crippen LogP contribution is 2.21. The molecule has 1 N–H and O–H groups in total. The van der Waals surface area contributed by atoms with E-state index < -0.39 is 10.2 Å². The van der Waals surface area contributed by atoms with E-state index >= 15 is 0 Å². The van der Waals surface area contributed by atoms with Crippen molar-refractivity contribution in [2.75, 3.05) is 25.0 Å². The number of rotatable bonds is 5. The number of amides is 1. The van der Waals surface area contributed by atoms with E-state index in [1.165, 1.54) is 8.61 Å². The van der Waals surface area contributed by atoms with E-state index in [2.05, 4.69) is 5.32 Å². The van der Waals surface area contributed by atoms with E-state index in [9.17, 15) is 13.2 Å². The molecule has 2 aromatic carbocycles. The molecule has 1 amide bonds. The number of nitrogens with one attached hydrogen (secondary N) is 1. The fourth-order valence-electron chi connectivity index (χ4n) is 3.46. The molecular weight excluding hydrogens is 374 g/mol. The Morgan fingerprint density at radius 2 is 1.71 bits per heavy atom. The number of carbonyl (C=O) groups is 1. The molecule has 0 radical (unpaired) electrons. The standard InChI is InChI=1S/C21H27N3O3S/c1-16-6-4-7-19(13-16)14-23-10-5-11-24(28(23,26)27)15-21(25)22-20-9-8-17(2)12-18(20)3/h4,6-9,12-13H,5,10-11,14-15H2,1-3H3,(H,22,25). The average Bonchev–Trinajstić information content (AvgIpc) is 2.61. The van der Waals surface area contributed by atoms with Gasteiger partial charge in [0.05, 0.1) is 6.54 Å². The van der Waals surface area contributed by atoms with Gasteiger partial charge in [-0.25, -0.2) is 0 Å². The van der Waals surface area contributed by atoms with Crippen molar-refractivity contribution in [3.8, 4) is 0 Å². The van der Waals surface area contributed by atoms with Crippen LogP contribution in [0.3, 0.4) is 0 Å². The summed E-state index contributed by atoms with van der Waals surface area (Å²) in [6.07, 6.45) is 0.696. The van der Waals surface area contributed by atoms with Gasteiger partial charge in [0.2, 0.25) is 5.91 Å².